The summed E-state index contributed by atoms with van der Waals surface area (Å²) in [6.45, 7) is 13.0. The van der Waals surface area contributed by atoms with Crippen LogP contribution in [0.3, 0.4) is 0 Å². The van der Waals surface area contributed by atoms with Crippen molar-refractivity contribution in [3.8, 4) is 0 Å². The Labute approximate surface area is 88.5 Å². The molecule has 0 aromatic rings. The van der Waals surface area contributed by atoms with E-state index in [2.05, 4.69) is 51.5 Å². The lowest BCUT2D eigenvalue weighted by atomic mass is 9.77. The zero-order valence-corrected chi connectivity index (χ0v) is 10.9. The van der Waals surface area contributed by atoms with Gasteiger partial charge in [0.05, 0.1) is 11.4 Å². The van der Waals surface area contributed by atoms with Crippen LogP contribution in [0.2, 0.25) is 0 Å². The number of hydrogen-bond donors (Lipinski definition) is 0. The molecule has 0 rings (SSSR count). The summed E-state index contributed by atoms with van der Waals surface area (Å²) >= 11 is 0. The van der Waals surface area contributed by atoms with Gasteiger partial charge in [0.2, 0.25) is 0 Å². The fourth-order valence-electron chi connectivity index (χ4n) is 1.59. The lowest BCUT2D eigenvalue weighted by Crippen LogP contribution is -2.37. The molecule has 0 heterocycles. The summed E-state index contributed by atoms with van der Waals surface area (Å²) in [7, 11) is 3.69. The molecule has 0 radical (unpaired) electrons. The van der Waals surface area contributed by atoms with E-state index < -0.39 is 0 Å². The van der Waals surface area contributed by atoms with E-state index in [0.717, 1.165) is 11.4 Å². The summed E-state index contributed by atoms with van der Waals surface area (Å²) in [5.74, 6) is 0. The van der Waals surface area contributed by atoms with Crippen molar-refractivity contribution in [2.75, 3.05) is 14.1 Å². The summed E-state index contributed by atoms with van der Waals surface area (Å²) < 4.78 is 0. The van der Waals surface area contributed by atoms with E-state index in [9.17, 15) is 0 Å². The molecule has 0 amide bonds. The normalized spacial score (nSPS) is 16.0. The SMILES string of the molecule is C/N=C(\C(=N/C)C(C)(C)C)C(C)(C)C. The van der Waals surface area contributed by atoms with Crippen LogP contribution in [-0.2, 0) is 0 Å². The van der Waals surface area contributed by atoms with Gasteiger partial charge in [-0.3, -0.25) is 9.98 Å². The average Bonchev–Trinajstić information content (AvgIpc) is 1.94. The summed E-state index contributed by atoms with van der Waals surface area (Å²) in [6, 6.07) is 0. The Balaban J connectivity index is 5.27. The molecule has 0 aliphatic heterocycles. The van der Waals surface area contributed by atoms with Gasteiger partial charge in [-0.1, -0.05) is 41.5 Å². The first kappa shape index (κ1) is 13.3. The summed E-state index contributed by atoms with van der Waals surface area (Å²) in [6.07, 6.45) is 0. The van der Waals surface area contributed by atoms with Gasteiger partial charge in [-0.05, 0) is 0 Å². The molecule has 0 aliphatic carbocycles. The van der Waals surface area contributed by atoms with Crippen LogP contribution >= 0.6 is 0 Å². The molecule has 82 valence electrons. The van der Waals surface area contributed by atoms with E-state index in [0.29, 0.717) is 0 Å². The van der Waals surface area contributed by atoms with Gasteiger partial charge in [-0.2, -0.15) is 0 Å². The van der Waals surface area contributed by atoms with Gasteiger partial charge < -0.3 is 0 Å². The highest BCUT2D eigenvalue weighted by molar-refractivity contribution is 6.45. The monoisotopic (exact) mass is 196 g/mol. The molecule has 0 aliphatic rings. The van der Waals surface area contributed by atoms with Crippen LogP contribution in [0.15, 0.2) is 9.98 Å². The molecule has 0 N–H and O–H groups in total. The minimum Gasteiger partial charge on any atom is -0.291 e. The first-order chi connectivity index (χ1) is 6.14. The van der Waals surface area contributed by atoms with Gasteiger partial charge in [0, 0.05) is 24.9 Å². The zero-order valence-electron chi connectivity index (χ0n) is 10.9. The van der Waals surface area contributed by atoms with Gasteiger partial charge in [0.25, 0.3) is 0 Å². The average molecular weight is 196 g/mol. The van der Waals surface area contributed by atoms with Crippen LogP contribution in [-0.4, -0.2) is 25.5 Å². The molecule has 0 saturated carbocycles. The number of nitrogens with zero attached hydrogens (tertiary/aromatic N) is 2. The Kier molecular flexibility index (Phi) is 4.04. The van der Waals surface area contributed by atoms with E-state index >= 15 is 0 Å². The number of aliphatic imine (C=N–C) groups is 2. The molecule has 0 unspecified atom stereocenters. The first-order valence-corrected chi connectivity index (χ1v) is 5.09. The maximum Gasteiger partial charge on any atom is 0.0613 e. The van der Waals surface area contributed by atoms with Gasteiger partial charge in [0.15, 0.2) is 0 Å². The van der Waals surface area contributed by atoms with E-state index in [1.165, 1.54) is 0 Å². The fraction of sp³-hybridized carbons (Fsp3) is 0.833. The second-order valence-corrected chi connectivity index (χ2v) is 5.64. The molecule has 0 fully saturated rings. The Bertz CT molecular complexity index is 218. The van der Waals surface area contributed by atoms with Crippen molar-refractivity contribution in [1.29, 1.82) is 0 Å². The van der Waals surface area contributed by atoms with Crippen molar-refractivity contribution < 1.29 is 0 Å². The number of hydrogen-bond acceptors (Lipinski definition) is 2. The van der Waals surface area contributed by atoms with Crippen molar-refractivity contribution in [2.45, 2.75) is 41.5 Å². The number of rotatable bonds is 1. The minimum atomic E-state index is 0.0663. The van der Waals surface area contributed by atoms with Crippen LogP contribution in [0.25, 0.3) is 0 Å². The Morgan fingerprint density at radius 3 is 0.929 bits per heavy atom. The third kappa shape index (κ3) is 3.24. The van der Waals surface area contributed by atoms with E-state index in [1.807, 2.05) is 14.1 Å². The first-order valence-electron chi connectivity index (χ1n) is 5.09. The minimum absolute atomic E-state index is 0.0663. The van der Waals surface area contributed by atoms with Crippen LogP contribution in [0.5, 0.6) is 0 Å². The molecule has 0 aromatic heterocycles. The van der Waals surface area contributed by atoms with Crippen LogP contribution in [0.1, 0.15) is 41.5 Å². The quantitative estimate of drug-likeness (QED) is 0.575. The Morgan fingerprint density at radius 1 is 0.643 bits per heavy atom. The lowest BCUT2D eigenvalue weighted by molar-refractivity contribution is 0.564. The highest BCUT2D eigenvalue weighted by atomic mass is 14.8. The predicted octanol–water partition coefficient (Wildman–Crippen LogP) is 3.22. The lowest BCUT2D eigenvalue weighted by Gasteiger charge is -2.29. The van der Waals surface area contributed by atoms with Crippen LogP contribution < -0.4 is 0 Å². The molecule has 2 nitrogen and oxygen atoms in total. The second kappa shape index (κ2) is 4.24. The highest BCUT2D eigenvalue weighted by Gasteiger charge is 2.30. The predicted molar refractivity (Wildman–Crippen MR) is 65.6 cm³/mol. The van der Waals surface area contributed by atoms with E-state index in [-0.39, 0.29) is 10.8 Å². The Hall–Kier alpha value is -0.660. The maximum atomic E-state index is 4.38. The molecular formula is C12H24N2. The largest absolute Gasteiger partial charge is 0.291 e. The summed E-state index contributed by atoms with van der Waals surface area (Å²) in [4.78, 5) is 8.77. The van der Waals surface area contributed by atoms with Crippen molar-refractivity contribution >= 4 is 11.4 Å². The Morgan fingerprint density at radius 2 is 0.857 bits per heavy atom. The van der Waals surface area contributed by atoms with Crippen LogP contribution in [0.4, 0.5) is 0 Å². The molecular weight excluding hydrogens is 172 g/mol. The van der Waals surface area contributed by atoms with E-state index in [4.69, 9.17) is 0 Å². The van der Waals surface area contributed by atoms with Crippen molar-refractivity contribution in [3.05, 3.63) is 0 Å². The highest BCUT2D eigenvalue weighted by Crippen LogP contribution is 2.25. The van der Waals surface area contributed by atoms with E-state index in [1.54, 1.807) is 0 Å². The maximum absolute atomic E-state index is 4.38. The van der Waals surface area contributed by atoms with Crippen molar-refractivity contribution in [2.24, 2.45) is 20.8 Å². The van der Waals surface area contributed by atoms with Crippen molar-refractivity contribution in [1.82, 2.24) is 0 Å². The standard InChI is InChI=1S/C12H24N2/c1-11(2,3)9(13-7)10(14-8)12(4,5)6/h1-8H3/b13-9+,14-10+. The summed E-state index contributed by atoms with van der Waals surface area (Å²) in [5.41, 5.74) is 2.34. The molecule has 0 bridgehead atoms. The van der Waals surface area contributed by atoms with Gasteiger partial charge in [0.1, 0.15) is 0 Å². The third-order valence-electron chi connectivity index (χ3n) is 2.09. The molecule has 0 spiro atoms. The molecule has 0 atom stereocenters. The zero-order chi connectivity index (χ0) is 11.6. The van der Waals surface area contributed by atoms with Crippen molar-refractivity contribution in [3.63, 3.8) is 0 Å². The molecule has 0 saturated heterocycles. The summed E-state index contributed by atoms with van der Waals surface area (Å²) in [5, 5.41) is 0. The fourth-order valence-corrected chi connectivity index (χ4v) is 1.59. The van der Waals surface area contributed by atoms with Gasteiger partial charge >= 0.3 is 0 Å². The second-order valence-electron chi connectivity index (χ2n) is 5.64. The smallest absolute Gasteiger partial charge is 0.0613 e. The third-order valence-corrected chi connectivity index (χ3v) is 2.09. The molecule has 0 aromatic carbocycles. The molecule has 14 heavy (non-hydrogen) atoms. The topological polar surface area (TPSA) is 24.7 Å². The van der Waals surface area contributed by atoms with Gasteiger partial charge in [-0.15, -0.1) is 0 Å². The van der Waals surface area contributed by atoms with Crippen LogP contribution in [0, 0.1) is 10.8 Å². The molecule has 2 heteroatoms. The van der Waals surface area contributed by atoms with Gasteiger partial charge in [-0.25, -0.2) is 0 Å².